The molecule has 0 aromatic carbocycles. The maximum absolute atomic E-state index is 11.0. The zero-order valence-electron chi connectivity index (χ0n) is 6.46. The van der Waals surface area contributed by atoms with E-state index in [0.29, 0.717) is 17.9 Å². The average molecular weight is 159 g/mol. The second kappa shape index (κ2) is 3.18. The van der Waals surface area contributed by atoms with Crippen LogP contribution in [0.4, 0.5) is 0 Å². The Labute approximate surface area is 64.1 Å². The Morgan fingerprint density at radius 3 is 3.00 bits per heavy atom. The van der Waals surface area contributed by atoms with E-state index in [1.165, 1.54) is 6.20 Å². The van der Waals surface area contributed by atoms with Gasteiger partial charge in [-0.15, -0.1) is 0 Å². The SMILES string of the molecule is CCO[13C](=O)[13c]1cno[13c]1[13CH3]. The van der Waals surface area contributed by atoms with Crippen LogP contribution in [0.1, 0.15) is 23.0 Å². The summed E-state index contributed by atoms with van der Waals surface area (Å²) in [5.74, 6) is 0.106. The fourth-order valence-electron chi connectivity index (χ4n) is 0.703. The normalized spacial score (nSPS) is 9.64. The number of nitrogens with zero attached hydrogens (tertiary/aromatic N) is 1. The maximum atomic E-state index is 11.0. The molecule has 1 aromatic rings. The van der Waals surface area contributed by atoms with Crippen LogP contribution < -0.4 is 0 Å². The molecule has 0 unspecified atom stereocenters. The number of rotatable bonds is 2. The number of aryl methyl sites for hydroxylation is 1. The minimum atomic E-state index is -0.383. The lowest BCUT2D eigenvalue weighted by molar-refractivity contribution is 0.0524. The van der Waals surface area contributed by atoms with Crippen molar-refractivity contribution in [3.63, 3.8) is 0 Å². The van der Waals surface area contributed by atoms with E-state index in [-0.39, 0.29) is 5.97 Å². The predicted molar refractivity (Wildman–Crippen MR) is 37.2 cm³/mol. The van der Waals surface area contributed by atoms with E-state index in [4.69, 9.17) is 4.74 Å². The molecule has 1 rings (SSSR count). The highest BCUT2D eigenvalue weighted by Crippen LogP contribution is 2.06. The fraction of sp³-hybridized carbons (Fsp3) is 0.429. The van der Waals surface area contributed by atoms with Gasteiger partial charge >= 0.3 is 5.97 Å². The van der Waals surface area contributed by atoms with Crippen molar-refractivity contribution < 1.29 is 14.1 Å². The van der Waals surface area contributed by atoms with E-state index in [0.717, 1.165) is 0 Å². The Balaban J connectivity index is 2.76. The molecule has 0 N–H and O–H groups in total. The first kappa shape index (κ1) is 7.78. The van der Waals surface area contributed by atoms with Crippen LogP contribution in [0.2, 0.25) is 0 Å². The first-order chi connectivity index (χ1) is 5.25. The molecule has 1 heterocycles. The third kappa shape index (κ3) is 1.58. The van der Waals surface area contributed by atoms with Gasteiger partial charge in [-0.3, -0.25) is 0 Å². The highest BCUT2D eigenvalue weighted by atomic mass is 16.6. The van der Waals surface area contributed by atoms with E-state index >= 15 is 0 Å². The van der Waals surface area contributed by atoms with Crippen molar-refractivity contribution in [2.24, 2.45) is 0 Å². The summed E-state index contributed by atoms with van der Waals surface area (Å²) in [6.45, 7) is 3.78. The summed E-state index contributed by atoms with van der Waals surface area (Å²) in [5.41, 5.74) is 0.395. The van der Waals surface area contributed by atoms with Crippen LogP contribution in [0.5, 0.6) is 0 Å². The van der Waals surface area contributed by atoms with Gasteiger partial charge < -0.3 is 9.26 Å². The summed E-state index contributed by atoms with van der Waals surface area (Å²) in [6, 6.07) is 0. The molecule has 11 heavy (non-hydrogen) atoms. The third-order valence-corrected chi connectivity index (χ3v) is 1.25. The van der Waals surface area contributed by atoms with Gasteiger partial charge in [-0.1, -0.05) is 5.16 Å². The van der Waals surface area contributed by atoms with Crippen molar-refractivity contribution in [2.75, 3.05) is 6.61 Å². The lowest BCUT2D eigenvalue weighted by atomic mass is 10.9. The molecule has 1 aromatic heterocycles. The largest absolute Gasteiger partial charge is 0.462 e. The molecule has 0 fully saturated rings. The van der Waals surface area contributed by atoms with Gasteiger partial charge in [-0.2, -0.15) is 0 Å². The van der Waals surface area contributed by atoms with E-state index in [1.807, 2.05) is 0 Å². The molecule has 4 heteroatoms. The molecule has 4 nitrogen and oxygen atoms in total. The Morgan fingerprint density at radius 1 is 1.82 bits per heavy atom. The molecular formula is C7H9NO3. The maximum Gasteiger partial charge on any atom is 0.343 e. The lowest BCUT2D eigenvalue weighted by Gasteiger charge is -1.96. The fourth-order valence-corrected chi connectivity index (χ4v) is 0.703. The molecule has 0 bridgehead atoms. The minimum Gasteiger partial charge on any atom is -0.462 e. The molecule has 0 spiro atoms. The summed E-state index contributed by atoms with van der Waals surface area (Å²) in [5, 5.41) is 3.45. The van der Waals surface area contributed by atoms with E-state index in [9.17, 15) is 4.79 Å². The Morgan fingerprint density at radius 2 is 2.55 bits per heavy atom. The van der Waals surface area contributed by atoms with Crippen LogP contribution in [-0.2, 0) is 4.74 Å². The topological polar surface area (TPSA) is 52.3 Å². The molecule has 0 aliphatic carbocycles. The van der Waals surface area contributed by atoms with E-state index < -0.39 is 0 Å². The third-order valence-electron chi connectivity index (χ3n) is 1.25. The lowest BCUT2D eigenvalue weighted by Crippen LogP contribution is -2.04. The summed E-state index contributed by atoms with van der Waals surface area (Å²) in [4.78, 5) is 11.0. The number of aromatic nitrogens is 1. The van der Waals surface area contributed by atoms with Crippen molar-refractivity contribution >= 4 is 5.97 Å². The highest BCUT2D eigenvalue weighted by Gasteiger charge is 2.12. The number of carbonyl (C=O) groups is 1. The van der Waals surface area contributed by atoms with Gasteiger partial charge in [0.2, 0.25) is 0 Å². The molecule has 0 saturated heterocycles. The van der Waals surface area contributed by atoms with Crippen LogP contribution in [0.15, 0.2) is 10.7 Å². The van der Waals surface area contributed by atoms with Gasteiger partial charge in [-0.25, -0.2) is 4.79 Å². The summed E-state index contributed by atoms with van der Waals surface area (Å²) >= 11 is 0. The zero-order valence-corrected chi connectivity index (χ0v) is 6.46. The number of hydrogen-bond acceptors (Lipinski definition) is 4. The van der Waals surface area contributed by atoms with Crippen molar-refractivity contribution in [1.82, 2.24) is 5.16 Å². The van der Waals surface area contributed by atoms with Gasteiger partial charge in [0.25, 0.3) is 0 Å². The van der Waals surface area contributed by atoms with Crippen LogP contribution in [0, 0.1) is 6.92 Å². The monoisotopic (exact) mass is 159 g/mol. The van der Waals surface area contributed by atoms with Gasteiger partial charge in [0, 0.05) is 0 Å². The van der Waals surface area contributed by atoms with Crippen molar-refractivity contribution in [3.8, 4) is 0 Å². The molecular weight excluding hydrogens is 150 g/mol. The highest BCUT2D eigenvalue weighted by molar-refractivity contribution is 5.89. The molecule has 60 valence electrons. The van der Waals surface area contributed by atoms with Gasteiger partial charge in [0.15, 0.2) is 0 Å². The van der Waals surface area contributed by atoms with Crippen molar-refractivity contribution in [2.45, 2.75) is 13.8 Å². The van der Waals surface area contributed by atoms with E-state index in [1.54, 1.807) is 13.8 Å². The minimum absolute atomic E-state index is 0.365. The summed E-state index contributed by atoms with van der Waals surface area (Å²) in [7, 11) is 0. The molecule has 0 aliphatic heterocycles. The van der Waals surface area contributed by atoms with Crippen LogP contribution in [0.3, 0.4) is 0 Å². The van der Waals surface area contributed by atoms with Crippen LogP contribution >= 0.6 is 0 Å². The number of hydrogen-bond donors (Lipinski definition) is 0. The molecule has 0 aliphatic rings. The first-order valence-electron chi connectivity index (χ1n) is 3.34. The summed E-state index contributed by atoms with van der Waals surface area (Å²) in [6.07, 6.45) is 1.35. The smallest absolute Gasteiger partial charge is 0.343 e. The van der Waals surface area contributed by atoms with Gasteiger partial charge in [0.05, 0.1) is 12.8 Å². The molecule has 0 atom stereocenters. The Hall–Kier alpha value is -1.32. The van der Waals surface area contributed by atoms with Crippen LogP contribution in [0.25, 0.3) is 0 Å². The van der Waals surface area contributed by atoms with Crippen molar-refractivity contribution in [1.29, 1.82) is 0 Å². The van der Waals surface area contributed by atoms with Crippen LogP contribution in [-0.4, -0.2) is 17.7 Å². The standard InChI is InChI=1S/C7H9NO3/c1-3-10-7(9)6-4-8-11-5(6)2/h4H,3H2,1-2H3/i2+1,5+1,6+1,7+1. The molecule has 0 amide bonds. The molecule has 0 radical (unpaired) electrons. The average Bonchev–Trinajstić information content (AvgIpc) is 2.36. The second-order valence-corrected chi connectivity index (χ2v) is 2.02. The number of carbonyl (C=O) groups excluding carboxylic acids is 1. The quantitative estimate of drug-likeness (QED) is 0.480. The number of ether oxygens (including phenoxy) is 1. The second-order valence-electron chi connectivity index (χ2n) is 2.02. The van der Waals surface area contributed by atoms with Gasteiger partial charge in [-0.05, 0) is 13.8 Å². The zero-order chi connectivity index (χ0) is 8.27. The Kier molecular flexibility index (Phi) is 2.25. The van der Waals surface area contributed by atoms with Gasteiger partial charge in [0.1, 0.15) is 11.3 Å². The van der Waals surface area contributed by atoms with E-state index in [2.05, 4.69) is 9.68 Å². The number of esters is 1. The van der Waals surface area contributed by atoms with Crippen molar-refractivity contribution in [3.05, 3.63) is 17.5 Å². The molecule has 0 saturated carbocycles. The summed E-state index contributed by atoms with van der Waals surface area (Å²) < 4.78 is 9.41. The predicted octanol–water partition coefficient (Wildman–Crippen LogP) is 1.16. The first-order valence-corrected chi connectivity index (χ1v) is 3.34. The Bertz CT molecular complexity index is 254.